The predicted octanol–water partition coefficient (Wildman–Crippen LogP) is 3.68. The van der Waals surface area contributed by atoms with Crippen LogP contribution in [-0.2, 0) is 4.79 Å². The number of hydrogen-bond donors (Lipinski definition) is 2. The second kappa shape index (κ2) is 9.78. The maximum atomic E-state index is 13.4. The van der Waals surface area contributed by atoms with Crippen LogP contribution in [0.2, 0.25) is 16.1 Å². The Morgan fingerprint density at radius 3 is 2.77 bits per heavy atom. The van der Waals surface area contributed by atoms with Gasteiger partial charge in [0.15, 0.2) is 15.6 Å². The van der Waals surface area contributed by atoms with Crippen LogP contribution in [0, 0.1) is 5.82 Å². The Hall–Kier alpha value is -2.46. The Balaban J connectivity index is 1.24. The van der Waals surface area contributed by atoms with Gasteiger partial charge in [0.25, 0.3) is 0 Å². The molecule has 1 aliphatic heterocycles. The number of nitrogens with zero attached hydrogens (tertiary/aromatic N) is 2. The van der Waals surface area contributed by atoms with Gasteiger partial charge in [0.05, 0.1) is 11.1 Å². The quantitative estimate of drug-likeness (QED) is 0.523. The van der Waals surface area contributed by atoms with E-state index in [4.69, 9.17) is 32.4 Å². The lowest BCUT2D eigenvalue weighted by Gasteiger charge is -2.27. The molecule has 2 N–H and O–H groups in total. The van der Waals surface area contributed by atoms with E-state index in [1.807, 2.05) is 12.1 Å². The zero-order chi connectivity index (χ0) is 21.8. The average Bonchev–Trinajstić information content (AvgIpc) is 3.26. The lowest BCUT2D eigenvalue weighted by atomic mass is 10.2. The number of hydrogen-bond acceptors (Lipinski definition) is 6. The maximum Gasteiger partial charge on any atom is 0.250 e. The molecule has 4 rings (SSSR count). The van der Waals surface area contributed by atoms with Crippen LogP contribution in [0.25, 0.3) is 11.5 Å². The molecule has 2 heterocycles. The highest BCUT2D eigenvalue weighted by Gasteiger charge is 2.28. The number of aromatic nitrogens is 2. The van der Waals surface area contributed by atoms with E-state index in [2.05, 4.69) is 20.5 Å². The van der Waals surface area contributed by atoms with Crippen LogP contribution < -0.4 is 15.0 Å². The molecule has 2 atom stereocenters. The normalized spacial score (nSPS) is 18.5. The van der Waals surface area contributed by atoms with Crippen molar-refractivity contribution in [2.45, 2.75) is 18.5 Å². The molecule has 1 amide bonds. The zero-order valence-corrected chi connectivity index (χ0v) is 18.9. The van der Waals surface area contributed by atoms with Gasteiger partial charge < -0.3 is 19.5 Å². The van der Waals surface area contributed by atoms with Gasteiger partial charge in [-0.15, -0.1) is 10.2 Å². The molecule has 7 nitrogen and oxygen atoms in total. The van der Waals surface area contributed by atoms with Crippen molar-refractivity contribution in [3.05, 3.63) is 64.2 Å². The Kier molecular flexibility index (Phi) is 6.86. The SMILES string of the molecule is O=C(COc1ccc(Cl)c(F)c1)N[Si@H]1CC[C@H](c2nnc(-c3ccc(Cl)cc3)o2)NC1. The molecule has 0 bridgehead atoms. The highest BCUT2D eigenvalue weighted by atomic mass is 35.5. The molecule has 0 radical (unpaired) electrons. The fraction of sp³-hybridized carbons (Fsp3) is 0.250. The molecule has 0 saturated carbocycles. The smallest absolute Gasteiger partial charge is 0.250 e. The number of carbonyl (C=O) groups is 1. The third-order valence-electron chi connectivity index (χ3n) is 4.87. The van der Waals surface area contributed by atoms with Gasteiger partial charge in [0.2, 0.25) is 17.7 Å². The van der Waals surface area contributed by atoms with Gasteiger partial charge in [-0.1, -0.05) is 23.2 Å². The molecule has 0 spiro atoms. The molecule has 1 aliphatic rings. The molecule has 162 valence electrons. The molecule has 0 unspecified atom stereocenters. The fourth-order valence-corrected chi connectivity index (χ4v) is 5.80. The number of halogens is 3. The predicted molar refractivity (Wildman–Crippen MR) is 117 cm³/mol. The van der Waals surface area contributed by atoms with Crippen LogP contribution in [0.15, 0.2) is 46.9 Å². The van der Waals surface area contributed by atoms with Crippen molar-refractivity contribution in [1.82, 2.24) is 20.5 Å². The Morgan fingerprint density at radius 2 is 2.06 bits per heavy atom. The summed E-state index contributed by atoms with van der Waals surface area (Å²) in [5.41, 5.74) is 0.805. The number of nitrogens with one attached hydrogen (secondary N) is 2. The van der Waals surface area contributed by atoms with Gasteiger partial charge >= 0.3 is 0 Å². The molecule has 2 aromatic carbocycles. The lowest BCUT2D eigenvalue weighted by molar-refractivity contribution is -0.121. The second-order valence-corrected chi connectivity index (χ2v) is 10.6. The molecule has 11 heteroatoms. The number of ether oxygens (including phenoxy) is 1. The number of benzene rings is 2. The second-order valence-electron chi connectivity index (χ2n) is 7.12. The summed E-state index contributed by atoms with van der Waals surface area (Å²) >= 11 is 11.5. The van der Waals surface area contributed by atoms with Gasteiger partial charge in [-0.05, 0) is 48.9 Å². The van der Waals surface area contributed by atoms with Gasteiger partial charge in [-0.3, -0.25) is 4.79 Å². The van der Waals surface area contributed by atoms with E-state index in [1.54, 1.807) is 12.1 Å². The first kappa shape index (κ1) is 21.8. The lowest BCUT2D eigenvalue weighted by Crippen LogP contribution is -2.51. The van der Waals surface area contributed by atoms with Crippen molar-refractivity contribution in [3.8, 4) is 17.2 Å². The van der Waals surface area contributed by atoms with E-state index in [0.717, 1.165) is 24.1 Å². The van der Waals surface area contributed by atoms with Crippen LogP contribution in [0.5, 0.6) is 5.75 Å². The largest absolute Gasteiger partial charge is 0.484 e. The molecular weight excluding hydrogens is 462 g/mol. The standard InChI is InChI=1S/C20H19Cl2FN4O3Si/c21-13-3-1-12(2-4-13)19-25-26-20(30-19)17-7-8-31(11-24-17)27-18(28)10-29-14-5-6-15(22)16(23)9-14/h1-6,9,17,24,31H,7-8,10-11H2,(H,27,28)/t17-,31+/m1/s1. The van der Waals surface area contributed by atoms with Crippen LogP contribution in [-0.4, -0.2) is 37.8 Å². The zero-order valence-electron chi connectivity index (χ0n) is 16.3. The molecule has 3 aromatic rings. The molecule has 1 saturated heterocycles. The highest BCUT2D eigenvalue weighted by molar-refractivity contribution is 6.59. The minimum Gasteiger partial charge on any atom is -0.484 e. The van der Waals surface area contributed by atoms with Gasteiger partial charge in [-0.2, -0.15) is 0 Å². The first-order valence-electron chi connectivity index (χ1n) is 9.68. The van der Waals surface area contributed by atoms with Crippen molar-refractivity contribution in [2.24, 2.45) is 0 Å². The van der Waals surface area contributed by atoms with Crippen LogP contribution >= 0.6 is 23.2 Å². The molecule has 1 aromatic heterocycles. The van der Waals surface area contributed by atoms with Gasteiger partial charge in [-0.25, -0.2) is 4.39 Å². The summed E-state index contributed by atoms with van der Waals surface area (Å²) in [4.78, 5) is 15.2. The number of carbonyl (C=O) groups excluding carboxylic acids is 1. The van der Waals surface area contributed by atoms with Crippen molar-refractivity contribution in [3.63, 3.8) is 0 Å². The van der Waals surface area contributed by atoms with Gasteiger partial charge in [0, 0.05) is 22.8 Å². The minimum atomic E-state index is -1.54. The summed E-state index contributed by atoms with van der Waals surface area (Å²) in [5.74, 6) is 0.411. The Morgan fingerprint density at radius 1 is 1.26 bits per heavy atom. The average molecular weight is 481 g/mol. The van der Waals surface area contributed by atoms with E-state index in [1.165, 1.54) is 12.1 Å². The minimum absolute atomic E-state index is 0.00794. The van der Waals surface area contributed by atoms with Crippen LogP contribution in [0.4, 0.5) is 4.39 Å². The van der Waals surface area contributed by atoms with E-state index in [-0.39, 0.29) is 29.3 Å². The van der Waals surface area contributed by atoms with Gasteiger partial charge in [0.1, 0.15) is 11.6 Å². The molecule has 31 heavy (non-hydrogen) atoms. The first-order valence-corrected chi connectivity index (χ1v) is 12.6. The molecule has 1 fully saturated rings. The fourth-order valence-electron chi connectivity index (χ4n) is 3.26. The van der Waals surface area contributed by atoms with E-state index in [9.17, 15) is 9.18 Å². The van der Waals surface area contributed by atoms with E-state index in [0.29, 0.717) is 23.0 Å². The third-order valence-corrected chi connectivity index (χ3v) is 7.92. The topological polar surface area (TPSA) is 89.3 Å². The first-order chi connectivity index (χ1) is 15.0. The Bertz CT molecular complexity index is 1060. The maximum absolute atomic E-state index is 13.4. The summed E-state index contributed by atoms with van der Waals surface area (Å²) in [6.45, 7) is -0.178. The summed E-state index contributed by atoms with van der Waals surface area (Å²) in [6, 6.07) is 12.1. The summed E-state index contributed by atoms with van der Waals surface area (Å²) in [5, 5.41) is 12.3. The monoisotopic (exact) mass is 480 g/mol. The van der Waals surface area contributed by atoms with Crippen LogP contribution in [0.3, 0.4) is 0 Å². The molecule has 0 aliphatic carbocycles. The third kappa shape index (κ3) is 5.62. The summed E-state index contributed by atoms with van der Waals surface area (Å²) < 4.78 is 24.6. The van der Waals surface area contributed by atoms with E-state index < -0.39 is 14.8 Å². The van der Waals surface area contributed by atoms with Crippen molar-refractivity contribution >= 4 is 38.1 Å². The summed E-state index contributed by atoms with van der Waals surface area (Å²) in [7, 11) is -1.54. The summed E-state index contributed by atoms with van der Waals surface area (Å²) in [6.07, 6.45) is 1.47. The van der Waals surface area contributed by atoms with E-state index >= 15 is 0 Å². The number of amides is 1. The van der Waals surface area contributed by atoms with Crippen molar-refractivity contribution in [2.75, 3.05) is 12.8 Å². The Labute approximate surface area is 189 Å². The molecular formula is C20H19Cl2FN4O3Si. The number of rotatable bonds is 6. The highest BCUT2D eigenvalue weighted by Crippen LogP contribution is 2.26. The van der Waals surface area contributed by atoms with Crippen LogP contribution in [0.1, 0.15) is 18.4 Å². The van der Waals surface area contributed by atoms with Crippen molar-refractivity contribution in [1.29, 1.82) is 0 Å². The van der Waals surface area contributed by atoms with Crippen molar-refractivity contribution < 1.29 is 18.3 Å².